The SMILES string of the molecule is CNCCC1CCN(S(=O)(=O)c2ccc(C)c(F)c2)CC1.Cl. The Kier molecular flexibility index (Phi) is 7.25. The van der Waals surface area contributed by atoms with Crippen molar-refractivity contribution < 1.29 is 12.8 Å². The van der Waals surface area contributed by atoms with Crippen molar-refractivity contribution in [1.29, 1.82) is 0 Å². The Bertz CT molecular complexity index is 587. The molecule has 0 aromatic heterocycles. The second-order valence-corrected chi connectivity index (χ2v) is 7.59. The molecule has 1 heterocycles. The van der Waals surface area contributed by atoms with Gasteiger partial charge in [0.15, 0.2) is 0 Å². The Morgan fingerprint density at radius 3 is 2.50 bits per heavy atom. The van der Waals surface area contributed by atoms with E-state index in [1.165, 1.54) is 16.4 Å². The van der Waals surface area contributed by atoms with Crippen molar-refractivity contribution in [3.8, 4) is 0 Å². The first-order chi connectivity index (χ1) is 9.95. The smallest absolute Gasteiger partial charge is 0.243 e. The summed E-state index contributed by atoms with van der Waals surface area (Å²) in [6, 6.07) is 4.13. The van der Waals surface area contributed by atoms with Gasteiger partial charge in [0.25, 0.3) is 0 Å². The fourth-order valence-electron chi connectivity index (χ4n) is 2.67. The molecule has 1 aliphatic rings. The molecule has 1 saturated heterocycles. The number of nitrogens with one attached hydrogen (secondary N) is 1. The normalized spacial score (nSPS) is 17.2. The standard InChI is InChI=1S/C15H23FN2O2S.ClH/c1-12-3-4-14(11-15(12)16)21(19,20)18-9-6-13(7-10-18)5-8-17-2;/h3-4,11,13,17H,5-10H2,1-2H3;1H. The highest BCUT2D eigenvalue weighted by Gasteiger charge is 2.29. The molecule has 1 aromatic carbocycles. The van der Waals surface area contributed by atoms with E-state index >= 15 is 0 Å². The summed E-state index contributed by atoms with van der Waals surface area (Å²) in [5, 5.41) is 3.12. The third-order valence-corrected chi connectivity index (χ3v) is 6.05. The molecule has 7 heteroatoms. The van der Waals surface area contributed by atoms with E-state index < -0.39 is 15.8 Å². The second kappa shape index (κ2) is 8.24. The van der Waals surface area contributed by atoms with Gasteiger partial charge in [-0.2, -0.15) is 4.31 Å². The number of hydrogen-bond acceptors (Lipinski definition) is 3. The predicted molar refractivity (Wildman–Crippen MR) is 88.4 cm³/mol. The van der Waals surface area contributed by atoms with Crippen molar-refractivity contribution in [3.05, 3.63) is 29.6 Å². The second-order valence-electron chi connectivity index (χ2n) is 5.65. The molecule has 0 spiro atoms. The number of benzene rings is 1. The van der Waals surface area contributed by atoms with Crippen LogP contribution in [0, 0.1) is 18.7 Å². The molecule has 1 aliphatic heterocycles. The lowest BCUT2D eigenvalue weighted by Gasteiger charge is -2.31. The summed E-state index contributed by atoms with van der Waals surface area (Å²) in [6.45, 7) is 3.62. The lowest BCUT2D eigenvalue weighted by Crippen LogP contribution is -2.38. The molecule has 22 heavy (non-hydrogen) atoms. The van der Waals surface area contributed by atoms with Gasteiger partial charge < -0.3 is 5.32 Å². The maximum Gasteiger partial charge on any atom is 0.243 e. The molecule has 0 atom stereocenters. The number of rotatable bonds is 5. The van der Waals surface area contributed by atoms with Gasteiger partial charge in [0.1, 0.15) is 5.82 Å². The number of hydrogen-bond donors (Lipinski definition) is 1. The van der Waals surface area contributed by atoms with Crippen LogP contribution in [0.3, 0.4) is 0 Å². The molecule has 1 fully saturated rings. The summed E-state index contributed by atoms with van der Waals surface area (Å²) >= 11 is 0. The van der Waals surface area contributed by atoms with Crippen LogP contribution in [0.2, 0.25) is 0 Å². The maximum atomic E-state index is 13.6. The van der Waals surface area contributed by atoms with Crippen molar-refractivity contribution >= 4 is 22.4 Å². The Balaban J connectivity index is 0.00000242. The van der Waals surface area contributed by atoms with Crippen LogP contribution in [0.4, 0.5) is 4.39 Å². The highest BCUT2D eigenvalue weighted by molar-refractivity contribution is 7.89. The van der Waals surface area contributed by atoms with Gasteiger partial charge >= 0.3 is 0 Å². The summed E-state index contributed by atoms with van der Waals surface area (Å²) in [5.74, 6) is 0.0960. The Labute approximate surface area is 138 Å². The molecule has 4 nitrogen and oxygen atoms in total. The van der Waals surface area contributed by atoms with Gasteiger partial charge in [0.2, 0.25) is 10.0 Å². The summed E-state index contributed by atoms with van der Waals surface area (Å²) in [6.07, 6.45) is 2.81. The highest BCUT2D eigenvalue weighted by atomic mass is 35.5. The first kappa shape index (κ1) is 19.4. The van der Waals surface area contributed by atoms with Gasteiger partial charge in [-0.05, 0) is 63.4 Å². The summed E-state index contributed by atoms with van der Waals surface area (Å²) in [4.78, 5) is 0.0549. The quantitative estimate of drug-likeness (QED) is 0.888. The van der Waals surface area contributed by atoms with Crippen molar-refractivity contribution in [2.24, 2.45) is 5.92 Å². The number of aryl methyl sites for hydroxylation is 1. The third kappa shape index (κ3) is 4.41. The number of piperidine rings is 1. The van der Waals surface area contributed by atoms with Gasteiger partial charge in [-0.3, -0.25) is 0 Å². The number of nitrogens with zero attached hydrogens (tertiary/aromatic N) is 1. The first-order valence-corrected chi connectivity index (χ1v) is 8.80. The van der Waals surface area contributed by atoms with Crippen LogP contribution in [-0.4, -0.2) is 39.4 Å². The lowest BCUT2D eigenvalue weighted by atomic mass is 9.95. The minimum Gasteiger partial charge on any atom is -0.320 e. The zero-order chi connectivity index (χ0) is 15.5. The van der Waals surface area contributed by atoms with E-state index in [0.717, 1.165) is 31.9 Å². The van der Waals surface area contributed by atoms with Gasteiger partial charge in [-0.1, -0.05) is 6.07 Å². The molecule has 0 amide bonds. The van der Waals surface area contributed by atoms with E-state index in [-0.39, 0.29) is 17.3 Å². The molecule has 0 aliphatic carbocycles. The Morgan fingerprint density at radius 2 is 1.95 bits per heavy atom. The predicted octanol–water partition coefficient (Wildman–Crippen LogP) is 2.57. The summed E-state index contributed by atoms with van der Waals surface area (Å²) in [5.41, 5.74) is 0.458. The van der Waals surface area contributed by atoms with Crippen molar-refractivity contribution in [2.75, 3.05) is 26.7 Å². The van der Waals surface area contributed by atoms with Gasteiger partial charge in [-0.25, -0.2) is 12.8 Å². The minimum absolute atomic E-state index is 0. The molecule has 1 aromatic rings. The average Bonchev–Trinajstić information content (AvgIpc) is 2.48. The highest BCUT2D eigenvalue weighted by Crippen LogP contribution is 2.26. The zero-order valence-corrected chi connectivity index (χ0v) is 14.6. The zero-order valence-electron chi connectivity index (χ0n) is 13.0. The van der Waals surface area contributed by atoms with Gasteiger partial charge in [0, 0.05) is 13.1 Å². The Morgan fingerprint density at radius 1 is 1.32 bits per heavy atom. The molecule has 0 unspecified atom stereocenters. The molecular formula is C15H24ClFN2O2S. The summed E-state index contributed by atoms with van der Waals surface area (Å²) < 4.78 is 40.1. The minimum atomic E-state index is -3.57. The molecule has 0 radical (unpaired) electrons. The van der Waals surface area contributed by atoms with Gasteiger partial charge in [-0.15, -0.1) is 12.4 Å². The lowest BCUT2D eigenvalue weighted by molar-refractivity contribution is 0.263. The van der Waals surface area contributed by atoms with Crippen LogP contribution in [0.15, 0.2) is 23.1 Å². The molecular weight excluding hydrogens is 327 g/mol. The average molecular weight is 351 g/mol. The molecule has 2 rings (SSSR count). The van der Waals surface area contributed by atoms with E-state index in [2.05, 4.69) is 5.32 Å². The fraction of sp³-hybridized carbons (Fsp3) is 0.600. The molecule has 0 bridgehead atoms. The van der Waals surface area contributed by atoms with E-state index in [9.17, 15) is 12.8 Å². The van der Waals surface area contributed by atoms with Gasteiger partial charge in [0.05, 0.1) is 4.90 Å². The molecule has 0 saturated carbocycles. The third-order valence-electron chi connectivity index (χ3n) is 4.16. The van der Waals surface area contributed by atoms with E-state index in [4.69, 9.17) is 0 Å². The van der Waals surface area contributed by atoms with Crippen LogP contribution in [0.1, 0.15) is 24.8 Å². The monoisotopic (exact) mass is 350 g/mol. The van der Waals surface area contributed by atoms with Crippen molar-refractivity contribution in [1.82, 2.24) is 9.62 Å². The number of halogens is 2. The van der Waals surface area contributed by atoms with Crippen LogP contribution in [0.25, 0.3) is 0 Å². The van der Waals surface area contributed by atoms with Crippen LogP contribution in [0.5, 0.6) is 0 Å². The van der Waals surface area contributed by atoms with Crippen LogP contribution < -0.4 is 5.32 Å². The maximum absolute atomic E-state index is 13.6. The molecule has 1 N–H and O–H groups in total. The topological polar surface area (TPSA) is 49.4 Å². The first-order valence-electron chi connectivity index (χ1n) is 7.36. The number of sulfonamides is 1. The van der Waals surface area contributed by atoms with E-state index in [0.29, 0.717) is 24.6 Å². The van der Waals surface area contributed by atoms with E-state index in [1.807, 2.05) is 7.05 Å². The Hall–Kier alpha value is -0.690. The van der Waals surface area contributed by atoms with Crippen molar-refractivity contribution in [3.63, 3.8) is 0 Å². The van der Waals surface area contributed by atoms with Crippen LogP contribution in [-0.2, 0) is 10.0 Å². The summed E-state index contributed by atoms with van der Waals surface area (Å²) in [7, 11) is -1.65. The fourth-order valence-corrected chi connectivity index (χ4v) is 4.15. The van der Waals surface area contributed by atoms with E-state index in [1.54, 1.807) is 6.92 Å². The molecule has 126 valence electrons. The van der Waals surface area contributed by atoms with Crippen molar-refractivity contribution in [2.45, 2.75) is 31.1 Å². The van der Waals surface area contributed by atoms with Crippen LogP contribution >= 0.6 is 12.4 Å². The largest absolute Gasteiger partial charge is 0.320 e.